The topological polar surface area (TPSA) is 150 Å². The highest BCUT2D eigenvalue weighted by atomic mass is 32.2. The molecule has 2 aromatic carbocycles. The van der Waals surface area contributed by atoms with Crippen LogP contribution in [0, 0.1) is 5.92 Å². The van der Waals surface area contributed by atoms with E-state index in [1.165, 1.54) is 5.01 Å². The number of carbonyl (C=O) groups is 3. The number of nitrogens with one attached hydrogen (secondary N) is 2. The number of likely N-dealkylation sites (tertiary alicyclic amines) is 2. The molecule has 2 fully saturated rings. The maximum absolute atomic E-state index is 13.9. The molecule has 4 rings (SSSR count). The quantitative estimate of drug-likeness (QED) is 0.226. The number of amides is 4. The maximum atomic E-state index is 13.9. The van der Waals surface area contributed by atoms with Crippen LogP contribution in [-0.4, -0.2) is 91.3 Å². The van der Waals surface area contributed by atoms with Gasteiger partial charge in [-0.15, -0.1) is 9.82 Å². The number of nitrogens with zero attached hydrogens (tertiary/aromatic N) is 4. The van der Waals surface area contributed by atoms with E-state index in [9.17, 15) is 22.8 Å². The molecule has 0 spiro atoms. The van der Waals surface area contributed by atoms with Crippen molar-refractivity contribution in [3.8, 4) is 0 Å². The van der Waals surface area contributed by atoms with Gasteiger partial charge in [-0.1, -0.05) is 43.2 Å². The molecule has 264 valence electrons. The Hall–Kier alpha value is -3.91. The Kier molecular flexibility index (Phi) is 12.0. The van der Waals surface area contributed by atoms with Crippen molar-refractivity contribution in [3.05, 3.63) is 42.5 Å². The summed E-state index contributed by atoms with van der Waals surface area (Å²) in [6.07, 6.45) is 3.22. The van der Waals surface area contributed by atoms with Crippen molar-refractivity contribution in [1.82, 2.24) is 25.0 Å². The first-order chi connectivity index (χ1) is 22.5. The van der Waals surface area contributed by atoms with Gasteiger partial charge in [-0.2, -0.15) is 0 Å². The molecule has 2 heterocycles. The molecule has 0 radical (unpaired) electrons. The van der Waals surface area contributed by atoms with Gasteiger partial charge in [-0.25, -0.2) is 27.8 Å². The molecule has 4 amide bonds. The molecule has 48 heavy (non-hydrogen) atoms. The van der Waals surface area contributed by atoms with E-state index in [1.54, 1.807) is 69.5 Å². The van der Waals surface area contributed by atoms with Crippen LogP contribution in [0.5, 0.6) is 0 Å². The van der Waals surface area contributed by atoms with Gasteiger partial charge in [-0.05, 0) is 96.0 Å². The number of fused-ring (bicyclic) bond motifs is 1. The van der Waals surface area contributed by atoms with Crippen molar-refractivity contribution in [3.63, 3.8) is 0 Å². The lowest BCUT2D eigenvalue weighted by molar-refractivity contribution is 0.0551. The third kappa shape index (κ3) is 11.1. The van der Waals surface area contributed by atoms with Crippen LogP contribution in [0.2, 0.25) is 0 Å². The highest BCUT2D eigenvalue weighted by molar-refractivity contribution is 7.89. The highest BCUT2D eigenvalue weighted by Crippen LogP contribution is 2.23. The summed E-state index contributed by atoms with van der Waals surface area (Å²) in [5, 5.41) is 5.53. The molecule has 0 bridgehead atoms. The number of benzene rings is 2. The Morgan fingerprint density at radius 1 is 0.833 bits per heavy atom. The van der Waals surface area contributed by atoms with Crippen LogP contribution in [0.3, 0.4) is 0 Å². The standard InChI is InChI=1S/C34H50N6O7S/c1-33(2,3)46-30(41)35-29(36-31(42)47-34(4,5)6)38-21-17-25(18-22-38)24-40(32(43)39-19-11-7-8-12-20-39)37-48(44,45)28-16-15-26-13-9-10-14-27(26)23-28/h9-10,13-16,23,25,37H,7-8,11-12,17-22,24H2,1-6H3,(H,35,36,41,42). The zero-order valence-electron chi connectivity index (χ0n) is 29.0. The number of hydrogen-bond acceptors (Lipinski definition) is 7. The lowest BCUT2D eigenvalue weighted by Gasteiger charge is -2.37. The summed E-state index contributed by atoms with van der Waals surface area (Å²) in [6, 6.07) is 12.0. The van der Waals surface area contributed by atoms with E-state index >= 15 is 0 Å². The number of urea groups is 1. The van der Waals surface area contributed by atoms with Crippen LogP contribution in [-0.2, 0) is 19.5 Å². The van der Waals surface area contributed by atoms with Gasteiger partial charge in [0.1, 0.15) is 11.2 Å². The molecule has 0 atom stereocenters. The average Bonchev–Trinajstić information content (AvgIpc) is 3.28. The Balaban J connectivity index is 1.51. The second kappa shape index (κ2) is 15.5. The number of rotatable bonds is 5. The smallest absolute Gasteiger partial charge is 0.437 e. The molecule has 2 aliphatic heterocycles. The van der Waals surface area contributed by atoms with Gasteiger partial charge in [0, 0.05) is 32.7 Å². The highest BCUT2D eigenvalue weighted by Gasteiger charge is 2.32. The number of hydrogen-bond donors (Lipinski definition) is 2. The van der Waals surface area contributed by atoms with Gasteiger partial charge < -0.3 is 19.3 Å². The van der Waals surface area contributed by atoms with Gasteiger partial charge >= 0.3 is 18.2 Å². The number of carbonyl (C=O) groups excluding carboxylic acids is 3. The van der Waals surface area contributed by atoms with Crippen LogP contribution in [0.25, 0.3) is 10.8 Å². The fraction of sp³-hybridized carbons (Fsp3) is 0.588. The lowest BCUT2D eigenvalue weighted by Crippen LogP contribution is -2.55. The van der Waals surface area contributed by atoms with Crippen LogP contribution >= 0.6 is 0 Å². The molecule has 0 saturated carbocycles. The third-order valence-electron chi connectivity index (χ3n) is 7.93. The number of hydrazine groups is 1. The van der Waals surface area contributed by atoms with Crippen LogP contribution in [0.4, 0.5) is 14.4 Å². The second-order valence-corrected chi connectivity index (χ2v) is 16.0. The molecule has 0 aromatic heterocycles. The van der Waals surface area contributed by atoms with E-state index in [4.69, 9.17) is 9.47 Å². The minimum absolute atomic E-state index is 0.00598. The summed E-state index contributed by atoms with van der Waals surface area (Å²) < 4.78 is 38.1. The molecule has 13 nitrogen and oxygen atoms in total. The average molecular weight is 687 g/mol. The first-order valence-electron chi connectivity index (χ1n) is 16.6. The fourth-order valence-electron chi connectivity index (χ4n) is 5.65. The van der Waals surface area contributed by atoms with E-state index in [0.29, 0.717) is 39.0 Å². The number of sulfonamides is 1. The van der Waals surface area contributed by atoms with E-state index in [-0.39, 0.29) is 29.3 Å². The molecule has 14 heteroatoms. The van der Waals surface area contributed by atoms with Crippen molar-refractivity contribution in [2.24, 2.45) is 10.9 Å². The Morgan fingerprint density at radius 3 is 2.04 bits per heavy atom. The van der Waals surface area contributed by atoms with Gasteiger partial charge in [0.05, 0.1) is 4.90 Å². The van der Waals surface area contributed by atoms with Crippen molar-refractivity contribution >= 4 is 45.0 Å². The van der Waals surface area contributed by atoms with E-state index in [1.807, 2.05) is 24.3 Å². The largest absolute Gasteiger partial charge is 0.444 e. The van der Waals surface area contributed by atoms with Gasteiger partial charge in [0.25, 0.3) is 10.0 Å². The number of ether oxygens (including phenoxy) is 2. The SMILES string of the molecule is CC(C)(C)OC(=O)/N=C(/NC(=O)OC(C)(C)C)N1CCC(CN(NS(=O)(=O)c2ccc3ccccc3c2)C(=O)N2CCCCCC2)CC1. The summed E-state index contributed by atoms with van der Waals surface area (Å²) in [5.41, 5.74) is -1.55. The fourth-order valence-corrected chi connectivity index (χ4v) is 6.73. The molecule has 2 saturated heterocycles. The van der Waals surface area contributed by atoms with Crippen molar-refractivity contribution < 1.29 is 32.3 Å². The zero-order chi connectivity index (χ0) is 35.1. The summed E-state index contributed by atoms with van der Waals surface area (Å²) in [4.78, 5) is 49.4. The Bertz CT molecular complexity index is 1580. The van der Waals surface area contributed by atoms with Crippen LogP contribution in [0.15, 0.2) is 52.4 Å². The minimum atomic E-state index is -4.09. The predicted molar refractivity (Wildman–Crippen MR) is 184 cm³/mol. The van der Waals surface area contributed by atoms with Crippen LogP contribution < -0.4 is 10.1 Å². The Morgan fingerprint density at radius 2 is 1.44 bits per heavy atom. The lowest BCUT2D eigenvalue weighted by atomic mass is 9.97. The zero-order valence-corrected chi connectivity index (χ0v) is 29.8. The third-order valence-corrected chi connectivity index (χ3v) is 9.26. The predicted octanol–water partition coefficient (Wildman–Crippen LogP) is 5.86. The number of aliphatic imine (C=N–C) groups is 1. The van der Waals surface area contributed by atoms with Crippen molar-refractivity contribution in [2.75, 3.05) is 32.7 Å². The second-order valence-electron chi connectivity index (χ2n) is 14.4. The number of alkyl carbamates (subject to hydrolysis) is 1. The van der Waals surface area contributed by atoms with E-state index in [2.05, 4.69) is 15.1 Å². The molecular formula is C34H50N6O7S. The molecular weight excluding hydrogens is 636 g/mol. The van der Waals surface area contributed by atoms with E-state index in [0.717, 1.165) is 36.5 Å². The molecule has 2 aliphatic rings. The molecule has 2 N–H and O–H groups in total. The van der Waals surface area contributed by atoms with Crippen molar-refractivity contribution in [2.45, 2.75) is 96.2 Å². The summed E-state index contributed by atoms with van der Waals surface area (Å²) in [7, 11) is -4.09. The summed E-state index contributed by atoms with van der Waals surface area (Å²) in [6.45, 7) is 12.4. The normalized spacial score (nSPS) is 17.1. The Labute approximate surface area is 284 Å². The van der Waals surface area contributed by atoms with E-state index < -0.39 is 33.4 Å². The molecule has 2 aromatic rings. The summed E-state index contributed by atoms with van der Waals surface area (Å²) >= 11 is 0. The minimum Gasteiger partial charge on any atom is -0.444 e. The van der Waals surface area contributed by atoms with Crippen molar-refractivity contribution in [1.29, 1.82) is 0 Å². The number of guanidine groups is 1. The molecule has 0 unspecified atom stereocenters. The number of piperidine rings is 1. The van der Waals surface area contributed by atoms with Crippen LogP contribution in [0.1, 0.15) is 80.1 Å². The first-order valence-corrected chi connectivity index (χ1v) is 18.1. The first kappa shape index (κ1) is 36.9. The maximum Gasteiger partial charge on any atom is 0.437 e. The summed E-state index contributed by atoms with van der Waals surface area (Å²) in [5.74, 6) is -0.0766. The monoisotopic (exact) mass is 686 g/mol. The molecule has 0 aliphatic carbocycles. The van der Waals surface area contributed by atoms with Gasteiger partial charge in [0.15, 0.2) is 0 Å². The van der Waals surface area contributed by atoms with Gasteiger partial charge in [0.2, 0.25) is 5.96 Å². The van der Waals surface area contributed by atoms with Gasteiger partial charge in [-0.3, -0.25) is 5.32 Å².